The molecular formula is C14H28N2O2. The SMILES string of the molecule is CCCCOCCN1C(=O)C(CCCC)NC1C. The Morgan fingerprint density at radius 1 is 1.22 bits per heavy atom. The second-order valence-corrected chi connectivity index (χ2v) is 5.04. The zero-order chi connectivity index (χ0) is 13.4. The van der Waals surface area contributed by atoms with E-state index in [1.165, 1.54) is 0 Å². The summed E-state index contributed by atoms with van der Waals surface area (Å²) in [6.07, 6.45) is 5.60. The van der Waals surface area contributed by atoms with Crippen molar-refractivity contribution in [2.24, 2.45) is 0 Å². The van der Waals surface area contributed by atoms with Crippen LogP contribution >= 0.6 is 0 Å². The number of hydrogen-bond donors (Lipinski definition) is 1. The van der Waals surface area contributed by atoms with Crippen molar-refractivity contribution in [2.45, 2.75) is 65.1 Å². The number of carbonyl (C=O) groups excluding carboxylic acids is 1. The molecule has 1 N–H and O–H groups in total. The lowest BCUT2D eigenvalue weighted by Gasteiger charge is -2.20. The van der Waals surface area contributed by atoms with Gasteiger partial charge in [-0.1, -0.05) is 33.1 Å². The monoisotopic (exact) mass is 256 g/mol. The van der Waals surface area contributed by atoms with E-state index in [1.54, 1.807) is 0 Å². The van der Waals surface area contributed by atoms with Gasteiger partial charge in [0.05, 0.1) is 18.8 Å². The summed E-state index contributed by atoms with van der Waals surface area (Å²) in [5.41, 5.74) is 0. The third kappa shape index (κ3) is 4.58. The number of rotatable bonds is 9. The number of nitrogens with one attached hydrogen (secondary N) is 1. The number of nitrogens with zero attached hydrogens (tertiary/aromatic N) is 1. The molecule has 1 heterocycles. The predicted molar refractivity (Wildman–Crippen MR) is 73.4 cm³/mol. The van der Waals surface area contributed by atoms with Crippen molar-refractivity contribution < 1.29 is 9.53 Å². The molecule has 4 heteroatoms. The minimum absolute atomic E-state index is 0.0237. The van der Waals surface area contributed by atoms with Gasteiger partial charge in [-0.25, -0.2) is 0 Å². The zero-order valence-corrected chi connectivity index (χ0v) is 12.1. The van der Waals surface area contributed by atoms with E-state index in [4.69, 9.17) is 4.74 Å². The Morgan fingerprint density at radius 2 is 1.94 bits per heavy atom. The first-order chi connectivity index (χ1) is 8.70. The molecular weight excluding hydrogens is 228 g/mol. The molecule has 1 fully saturated rings. The van der Waals surface area contributed by atoms with Crippen molar-refractivity contribution in [1.29, 1.82) is 0 Å². The maximum Gasteiger partial charge on any atom is 0.241 e. The van der Waals surface area contributed by atoms with E-state index >= 15 is 0 Å². The van der Waals surface area contributed by atoms with Crippen molar-refractivity contribution in [2.75, 3.05) is 19.8 Å². The van der Waals surface area contributed by atoms with Gasteiger partial charge in [0.15, 0.2) is 0 Å². The van der Waals surface area contributed by atoms with E-state index < -0.39 is 0 Å². The average Bonchev–Trinajstić information content (AvgIpc) is 2.63. The van der Waals surface area contributed by atoms with Crippen LogP contribution in [0, 0.1) is 0 Å². The van der Waals surface area contributed by atoms with Crippen molar-refractivity contribution in [3.63, 3.8) is 0 Å². The molecule has 18 heavy (non-hydrogen) atoms. The summed E-state index contributed by atoms with van der Waals surface area (Å²) < 4.78 is 5.53. The van der Waals surface area contributed by atoms with Crippen LogP contribution in [0.3, 0.4) is 0 Å². The molecule has 1 aliphatic rings. The smallest absolute Gasteiger partial charge is 0.241 e. The molecule has 1 saturated heterocycles. The van der Waals surface area contributed by atoms with Gasteiger partial charge >= 0.3 is 0 Å². The maximum atomic E-state index is 12.1. The van der Waals surface area contributed by atoms with E-state index in [9.17, 15) is 4.79 Å². The van der Waals surface area contributed by atoms with Gasteiger partial charge in [0.1, 0.15) is 0 Å². The van der Waals surface area contributed by atoms with E-state index in [1.807, 2.05) is 4.90 Å². The summed E-state index contributed by atoms with van der Waals surface area (Å²) in [5, 5.41) is 3.36. The summed E-state index contributed by atoms with van der Waals surface area (Å²) >= 11 is 0. The third-order valence-electron chi connectivity index (χ3n) is 3.46. The van der Waals surface area contributed by atoms with E-state index in [0.29, 0.717) is 13.2 Å². The van der Waals surface area contributed by atoms with Gasteiger partial charge in [-0.15, -0.1) is 0 Å². The number of carbonyl (C=O) groups is 1. The Bertz CT molecular complexity index is 246. The molecule has 4 nitrogen and oxygen atoms in total. The number of hydrogen-bond acceptors (Lipinski definition) is 3. The lowest BCUT2D eigenvalue weighted by molar-refractivity contribution is -0.130. The highest BCUT2D eigenvalue weighted by Crippen LogP contribution is 2.14. The molecule has 0 bridgehead atoms. The number of ether oxygens (including phenoxy) is 1. The highest BCUT2D eigenvalue weighted by atomic mass is 16.5. The first kappa shape index (κ1) is 15.4. The molecule has 0 spiro atoms. The summed E-state index contributed by atoms with van der Waals surface area (Å²) in [4.78, 5) is 14.1. The minimum Gasteiger partial charge on any atom is -0.380 e. The summed E-state index contributed by atoms with van der Waals surface area (Å²) in [5.74, 6) is 0.245. The maximum absolute atomic E-state index is 12.1. The number of unbranched alkanes of at least 4 members (excludes halogenated alkanes) is 2. The first-order valence-electron chi connectivity index (χ1n) is 7.35. The van der Waals surface area contributed by atoms with Crippen molar-refractivity contribution in [3.8, 4) is 0 Å². The lowest BCUT2D eigenvalue weighted by Crippen LogP contribution is -2.37. The van der Waals surface area contributed by atoms with Crippen molar-refractivity contribution in [1.82, 2.24) is 10.2 Å². The van der Waals surface area contributed by atoms with Crippen LogP contribution in [0.5, 0.6) is 0 Å². The molecule has 0 aromatic carbocycles. The number of amides is 1. The van der Waals surface area contributed by atoms with Crippen LogP contribution in [0.25, 0.3) is 0 Å². The highest BCUT2D eigenvalue weighted by molar-refractivity contribution is 5.84. The molecule has 106 valence electrons. The molecule has 0 radical (unpaired) electrons. The molecule has 2 atom stereocenters. The van der Waals surface area contributed by atoms with Crippen LogP contribution in [0.1, 0.15) is 52.9 Å². The minimum atomic E-state index is 0.0237. The van der Waals surface area contributed by atoms with Gasteiger partial charge in [-0.05, 0) is 19.8 Å². The summed E-state index contributed by atoms with van der Waals surface area (Å²) in [7, 11) is 0. The van der Waals surface area contributed by atoms with E-state index in [-0.39, 0.29) is 18.1 Å². The second kappa shape index (κ2) is 8.48. The largest absolute Gasteiger partial charge is 0.380 e. The quantitative estimate of drug-likeness (QED) is 0.643. The van der Waals surface area contributed by atoms with Crippen molar-refractivity contribution in [3.05, 3.63) is 0 Å². The normalized spacial score (nSPS) is 23.9. The topological polar surface area (TPSA) is 41.6 Å². The Kier molecular flexibility index (Phi) is 7.28. The second-order valence-electron chi connectivity index (χ2n) is 5.04. The van der Waals surface area contributed by atoms with Gasteiger partial charge < -0.3 is 9.64 Å². The Balaban J connectivity index is 2.25. The van der Waals surface area contributed by atoms with Crippen LogP contribution < -0.4 is 5.32 Å². The Morgan fingerprint density at radius 3 is 2.61 bits per heavy atom. The molecule has 0 aromatic heterocycles. The fourth-order valence-corrected chi connectivity index (χ4v) is 2.27. The third-order valence-corrected chi connectivity index (χ3v) is 3.46. The fraction of sp³-hybridized carbons (Fsp3) is 0.929. The van der Waals surface area contributed by atoms with Crippen LogP contribution in [0.15, 0.2) is 0 Å². The van der Waals surface area contributed by atoms with Gasteiger partial charge in [0, 0.05) is 13.2 Å². The Hall–Kier alpha value is -0.610. The van der Waals surface area contributed by atoms with Gasteiger partial charge in [0.25, 0.3) is 0 Å². The standard InChI is InChI=1S/C14H28N2O2/c1-4-6-8-13-14(17)16(12(3)15-13)9-11-18-10-7-5-2/h12-13,15H,4-11H2,1-3H3. The Labute approximate surface area is 111 Å². The van der Waals surface area contributed by atoms with Crippen molar-refractivity contribution >= 4 is 5.91 Å². The predicted octanol–water partition coefficient (Wildman–Crippen LogP) is 2.14. The van der Waals surface area contributed by atoms with E-state index in [0.717, 1.165) is 38.7 Å². The lowest BCUT2D eigenvalue weighted by atomic mass is 10.1. The molecule has 2 unspecified atom stereocenters. The fourth-order valence-electron chi connectivity index (χ4n) is 2.27. The highest BCUT2D eigenvalue weighted by Gasteiger charge is 2.35. The first-order valence-corrected chi connectivity index (χ1v) is 7.35. The molecule has 0 aliphatic carbocycles. The summed E-state index contributed by atoms with van der Waals surface area (Å²) in [6, 6.07) is 0.0237. The zero-order valence-electron chi connectivity index (χ0n) is 12.1. The molecule has 1 aliphatic heterocycles. The molecule has 1 amide bonds. The van der Waals surface area contributed by atoms with Crippen LogP contribution in [0.4, 0.5) is 0 Å². The van der Waals surface area contributed by atoms with Gasteiger partial charge in [-0.3, -0.25) is 10.1 Å². The molecule has 1 rings (SSSR count). The van der Waals surface area contributed by atoms with Crippen LogP contribution in [0.2, 0.25) is 0 Å². The van der Waals surface area contributed by atoms with Crippen LogP contribution in [-0.2, 0) is 9.53 Å². The van der Waals surface area contributed by atoms with Gasteiger partial charge in [-0.2, -0.15) is 0 Å². The molecule has 0 aromatic rings. The average molecular weight is 256 g/mol. The molecule has 0 saturated carbocycles. The van der Waals surface area contributed by atoms with Crippen LogP contribution in [-0.4, -0.2) is 42.8 Å². The summed E-state index contributed by atoms with van der Waals surface area (Å²) in [6.45, 7) is 8.52. The van der Waals surface area contributed by atoms with E-state index in [2.05, 4.69) is 26.1 Å². The van der Waals surface area contributed by atoms with Gasteiger partial charge in [0.2, 0.25) is 5.91 Å².